The normalized spacial score (nSPS) is 22.3. The van der Waals surface area contributed by atoms with E-state index in [4.69, 9.17) is 32.8 Å². The second-order valence-electron chi connectivity index (χ2n) is 10.3. The Kier molecular flexibility index (Phi) is 5.89. The molecule has 0 radical (unpaired) electrons. The van der Waals surface area contributed by atoms with E-state index >= 15 is 0 Å². The molecule has 0 aliphatic carbocycles. The summed E-state index contributed by atoms with van der Waals surface area (Å²) in [5.74, 6) is -5.01. The number of carbonyl (C=O) groups is 2. The van der Waals surface area contributed by atoms with E-state index in [9.17, 15) is 27.2 Å². The van der Waals surface area contributed by atoms with Crippen LogP contribution in [0.1, 0.15) is 64.3 Å². The van der Waals surface area contributed by atoms with Gasteiger partial charge in [-0.25, -0.2) is 9.18 Å². The average Bonchev–Trinajstić information content (AvgIpc) is 3.34. The number of halogens is 6. The summed E-state index contributed by atoms with van der Waals surface area (Å²) in [6, 6.07) is 4.82. The standard InChI is InChI=1S/C25H20Cl2F4N2O4/c1-23(2,3)21(34)15-11(4-5-13-16(15)22(35)36-24(13)8-32-9-24)19-17(25(29,30)31)20(37-33-19)12-6-10(26)7-14(27)18(12)28/h4-7,17,20,32H,8-9H2,1-3H3. The van der Waals surface area contributed by atoms with Crippen LogP contribution in [0.5, 0.6) is 0 Å². The summed E-state index contributed by atoms with van der Waals surface area (Å²) in [4.78, 5) is 31.8. The largest absolute Gasteiger partial charge is 0.448 e. The highest BCUT2D eigenvalue weighted by Gasteiger charge is 2.57. The monoisotopic (exact) mass is 558 g/mol. The minimum absolute atomic E-state index is 0.0945. The highest BCUT2D eigenvalue weighted by atomic mass is 35.5. The highest BCUT2D eigenvalue weighted by Crippen LogP contribution is 2.49. The third-order valence-electron chi connectivity index (χ3n) is 6.74. The molecule has 2 aromatic rings. The van der Waals surface area contributed by atoms with Gasteiger partial charge in [-0.15, -0.1) is 0 Å². The number of ether oxygens (including phenoxy) is 1. The molecule has 0 aromatic heterocycles. The van der Waals surface area contributed by atoms with Crippen molar-refractivity contribution >= 4 is 40.7 Å². The van der Waals surface area contributed by atoms with Gasteiger partial charge in [0.25, 0.3) is 0 Å². The lowest BCUT2D eigenvalue weighted by atomic mass is 9.76. The number of hydrogen-bond acceptors (Lipinski definition) is 6. The van der Waals surface area contributed by atoms with Crippen LogP contribution in [0.2, 0.25) is 10.0 Å². The van der Waals surface area contributed by atoms with Gasteiger partial charge in [0.15, 0.2) is 17.5 Å². The molecule has 0 bridgehead atoms. The fraction of sp³-hybridized carbons (Fsp3) is 0.400. The molecule has 2 unspecified atom stereocenters. The van der Waals surface area contributed by atoms with Crippen LogP contribution in [0.25, 0.3) is 0 Å². The molecule has 1 spiro atoms. The van der Waals surface area contributed by atoms with Gasteiger partial charge in [-0.3, -0.25) is 4.79 Å². The number of oxime groups is 1. The Bertz CT molecular complexity index is 1380. The van der Waals surface area contributed by atoms with E-state index in [0.29, 0.717) is 18.7 Å². The Balaban J connectivity index is 1.71. The number of esters is 1. The van der Waals surface area contributed by atoms with Crippen molar-refractivity contribution in [1.82, 2.24) is 5.32 Å². The highest BCUT2D eigenvalue weighted by molar-refractivity contribution is 6.34. The zero-order chi connectivity index (χ0) is 27.1. The molecule has 2 aromatic carbocycles. The van der Waals surface area contributed by atoms with Gasteiger partial charge in [-0.2, -0.15) is 13.2 Å². The lowest BCUT2D eigenvalue weighted by Crippen LogP contribution is -2.57. The molecule has 3 heterocycles. The minimum atomic E-state index is -4.98. The SMILES string of the molecule is CC(C)(C)C(=O)c1c(C2=NOC(c3cc(Cl)cc(Cl)c3F)C2C(F)(F)F)ccc2c1C(=O)OC21CNC1. The summed E-state index contributed by atoms with van der Waals surface area (Å²) in [7, 11) is 0. The molecule has 3 aliphatic rings. The molecule has 37 heavy (non-hydrogen) atoms. The van der Waals surface area contributed by atoms with Gasteiger partial charge in [0.2, 0.25) is 0 Å². The zero-order valence-electron chi connectivity index (χ0n) is 19.7. The Hall–Kier alpha value is -2.69. The van der Waals surface area contributed by atoms with E-state index in [1.165, 1.54) is 12.1 Å². The van der Waals surface area contributed by atoms with E-state index in [1.54, 1.807) is 20.8 Å². The summed E-state index contributed by atoms with van der Waals surface area (Å²) in [5.41, 5.74) is -3.41. The lowest BCUT2D eigenvalue weighted by Gasteiger charge is -2.38. The molecule has 0 amide bonds. The van der Waals surface area contributed by atoms with E-state index in [0.717, 1.165) is 12.1 Å². The fourth-order valence-electron chi connectivity index (χ4n) is 4.85. The molecule has 0 saturated carbocycles. The first kappa shape index (κ1) is 25.9. The number of carbonyl (C=O) groups excluding carboxylic acids is 2. The Labute approximate surface area is 218 Å². The molecule has 196 valence electrons. The molecule has 6 nitrogen and oxygen atoms in total. The number of hydrogen-bond donors (Lipinski definition) is 1. The second kappa shape index (κ2) is 8.41. The van der Waals surface area contributed by atoms with Crippen LogP contribution in [0.3, 0.4) is 0 Å². The predicted octanol–water partition coefficient (Wildman–Crippen LogP) is 5.98. The molecule has 1 saturated heterocycles. The Morgan fingerprint density at radius 2 is 1.84 bits per heavy atom. The van der Waals surface area contributed by atoms with E-state index in [-0.39, 0.29) is 21.7 Å². The smallest absolute Gasteiger partial charge is 0.401 e. The van der Waals surface area contributed by atoms with Gasteiger partial charge >= 0.3 is 12.1 Å². The van der Waals surface area contributed by atoms with Gasteiger partial charge in [0, 0.05) is 45.8 Å². The number of nitrogens with zero attached hydrogens (tertiary/aromatic N) is 1. The van der Waals surface area contributed by atoms with Crippen LogP contribution in [0, 0.1) is 17.2 Å². The van der Waals surface area contributed by atoms with Crippen LogP contribution < -0.4 is 5.32 Å². The van der Waals surface area contributed by atoms with Crippen molar-refractivity contribution in [3.05, 3.63) is 67.9 Å². The maximum Gasteiger partial charge on any atom is 0.401 e. The van der Waals surface area contributed by atoms with Crippen molar-refractivity contribution < 1.29 is 36.7 Å². The first-order valence-electron chi connectivity index (χ1n) is 11.3. The van der Waals surface area contributed by atoms with Gasteiger partial charge in [0.1, 0.15) is 17.4 Å². The predicted molar refractivity (Wildman–Crippen MR) is 127 cm³/mol. The minimum Gasteiger partial charge on any atom is -0.448 e. The quantitative estimate of drug-likeness (QED) is 0.217. The van der Waals surface area contributed by atoms with Gasteiger partial charge in [-0.1, -0.05) is 61.3 Å². The van der Waals surface area contributed by atoms with Crippen molar-refractivity contribution in [2.45, 2.75) is 38.7 Å². The van der Waals surface area contributed by atoms with Crippen LogP contribution in [-0.4, -0.2) is 36.7 Å². The topological polar surface area (TPSA) is 77.0 Å². The van der Waals surface area contributed by atoms with Crippen LogP contribution in [0.15, 0.2) is 29.4 Å². The molecule has 1 N–H and O–H groups in total. The first-order chi connectivity index (χ1) is 17.2. The van der Waals surface area contributed by atoms with Crippen LogP contribution >= 0.6 is 23.2 Å². The molecule has 3 aliphatic heterocycles. The molecular weight excluding hydrogens is 539 g/mol. The number of ketones is 1. The van der Waals surface area contributed by atoms with Crippen LogP contribution in [0.4, 0.5) is 17.6 Å². The van der Waals surface area contributed by atoms with Gasteiger partial charge in [-0.05, 0) is 12.1 Å². The second-order valence-corrected chi connectivity index (χ2v) is 11.1. The Morgan fingerprint density at radius 3 is 2.41 bits per heavy atom. The average molecular weight is 559 g/mol. The van der Waals surface area contributed by atoms with Crippen molar-refractivity contribution in [2.75, 3.05) is 13.1 Å². The Morgan fingerprint density at radius 1 is 1.16 bits per heavy atom. The summed E-state index contributed by atoms with van der Waals surface area (Å²) in [5, 5.41) is 6.12. The molecule has 1 fully saturated rings. The summed E-state index contributed by atoms with van der Waals surface area (Å²) in [6.45, 7) is 5.36. The zero-order valence-corrected chi connectivity index (χ0v) is 21.2. The number of rotatable bonds is 3. The summed E-state index contributed by atoms with van der Waals surface area (Å²) < 4.78 is 64.0. The number of benzene rings is 2. The number of Topliss-reactive ketones (excluding diaryl/α,β-unsaturated/α-hetero) is 1. The van der Waals surface area contributed by atoms with Crippen molar-refractivity contribution in [2.24, 2.45) is 16.5 Å². The van der Waals surface area contributed by atoms with Gasteiger partial charge < -0.3 is 14.9 Å². The fourth-order valence-corrected chi connectivity index (χ4v) is 5.36. The summed E-state index contributed by atoms with van der Waals surface area (Å²) in [6.07, 6.45) is -6.95. The number of alkyl halides is 3. The third kappa shape index (κ3) is 4.00. The first-order valence-corrected chi connectivity index (χ1v) is 12.0. The number of fused-ring (bicyclic) bond motifs is 2. The van der Waals surface area contributed by atoms with Crippen molar-refractivity contribution in [3.8, 4) is 0 Å². The lowest BCUT2D eigenvalue weighted by molar-refractivity contribution is -0.178. The van der Waals surface area contributed by atoms with Crippen LogP contribution in [-0.2, 0) is 15.2 Å². The van der Waals surface area contributed by atoms with Crippen molar-refractivity contribution in [1.29, 1.82) is 0 Å². The summed E-state index contributed by atoms with van der Waals surface area (Å²) >= 11 is 11.8. The van der Waals surface area contributed by atoms with E-state index in [2.05, 4.69) is 10.5 Å². The molecular formula is C25H20Cl2F4N2O4. The maximum atomic E-state index is 14.8. The molecule has 5 rings (SSSR count). The van der Waals surface area contributed by atoms with E-state index in [1.807, 2.05) is 0 Å². The third-order valence-corrected chi connectivity index (χ3v) is 7.23. The molecule has 2 atom stereocenters. The number of nitrogens with one attached hydrogen (secondary N) is 1. The van der Waals surface area contributed by atoms with Gasteiger partial charge in [0.05, 0.1) is 10.6 Å². The molecule has 12 heteroatoms. The van der Waals surface area contributed by atoms with Crippen molar-refractivity contribution in [3.63, 3.8) is 0 Å². The maximum absolute atomic E-state index is 14.8. The van der Waals surface area contributed by atoms with E-state index < -0.39 is 63.1 Å².